The lowest BCUT2D eigenvalue weighted by Gasteiger charge is -2.22. The summed E-state index contributed by atoms with van der Waals surface area (Å²) in [6, 6.07) is 5.08. The molecule has 1 unspecified atom stereocenters. The third-order valence-corrected chi connectivity index (χ3v) is 3.21. The van der Waals surface area contributed by atoms with Crippen molar-refractivity contribution in [2.45, 2.75) is 32.4 Å². The molecule has 1 aromatic carbocycles. The summed E-state index contributed by atoms with van der Waals surface area (Å²) in [7, 11) is 0. The van der Waals surface area contributed by atoms with Gasteiger partial charge in [0.1, 0.15) is 0 Å². The topological polar surface area (TPSA) is 55.1 Å². The standard InChI is InChI=1S/C12H16Cl2N2O/c1-7(16-11(17)12(2,3)15)8-5-4-6-9(13)10(8)14/h4-7H,15H2,1-3H3,(H,16,17). The summed E-state index contributed by atoms with van der Waals surface area (Å²) in [6.07, 6.45) is 0. The van der Waals surface area contributed by atoms with Crippen LogP contribution in [-0.4, -0.2) is 11.4 Å². The van der Waals surface area contributed by atoms with Crippen LogP contribution in [0.2, 0.25) is 10.0 Å². The molecule has 1 atom stereocenters. The van der Waals surface area contributed by atoms with Gasteiger partial charge in [0.25, 0.3) is 0 Å². The van der Waals surface area contributed by atoms with Crippen molar-refractivity contribution in [3.63, 3.8) is 0 Å². The molecular formula is C12H16Cl2N2O. The molecule has 3 nitrogen and oxygen atoms in total. The molecule has 0 saturated heterocycles. The van der Waals surface area contributed by atoms with Crippen LogP contribution in [0.25, 0.3) is 0 Å². The predicted molar refractivity (Wildman–Crippen MR) is 71.3 cm³/mol. The maximum atomic E-state index is 11.7. The molecule has 0 saturated carbocycles. The molecule has 0 aromatic heterocycles. The first-order valence-corrected chi connectivity index (χ1v) is 6.03. The Balaban J connectivity index is 2.88. The van der Waals surface area contributed by atoms with Gasteiger partial charge in [-0.1, -0.05) is 35.3 Å². The quantitative estimate of drug-likeness (QED) is 0.891. The molecule has 0 heterocycles. The molecule has 0 aliphatic heterocycles. The average Bonchev–Trinajstić information content (AvgIpc) is 2.20. The van der Waals surface area contributed by atoms with E-state index in [1.165, 1.54) is 0 Å². The minimum atomic E-state index is -0.917. The van der Waals surface area contributed by atoms with E-state index in [0.717, 1.165) is 5.56 Å². The first-order chi connectivity index (χ1) is 7.73. The molecule has 0 bridgehead atoms. The highest BCUT2D eigenvalue weighted by atomic mass is 35.5. The Morgan fingerprint density at radius 2 is 2.00 bits per heavy atom. The van der Waals surface area contributed by atoms with Gasteiger partial charge in [0.05, 0.1) is 21.6 Å². The summed E-state index contributed by atoms with van der Waals surface area (Å²) in [5.41, 5.74) is 5.56. The summed E-state index contributed by atoms with van der Waals surface area (Å²) in [6.45, 7) is 5.13. The molecule has 0 spiro atoms. The van der Waals surface area contributed by atoms with Gasteiger partial charge in [-0.25, -0.2) is 0 Å². The summed E-state index contributed by atoms with van der Waals surface area (Å²) in [5, 5.41) is 3.72. The second-order valence-corrected chi connectivity index (χ2v) is 5.35. The first-order valence-electron chi connectivity index (χ1n) is 5.27. The minimum Gasteiger partial charge on any atom is -0.348 e. The Morgan fingerprint density at radius 1 is 1.41 bits per heavy atom. The Morgan fingerprint density at radius 3 is 2.53 bits per heavy atom. The number of amides is 1. The number of benzene rings is 1. The molecule has 0 aliphatic carbocycles. The van der Waals surface area contributed by atoms with Gasteiger partial charge in [0, 0.05) is 0 Å². The van der Waals surface area contributed by atoms with Crippen LogP contribution < -0.4 is 11.1 Å². The van der Waals surface area contributed by atoms with E-state index in [9.17, 15) is 4.79 Å². The van der Waals surface area contributed by atoms with Crippen LogP contribution in [0.5, 0.6) is 0 Å². The highest BCUT2D eigenvalue weighted by Crippen LogP contribution is 2.29. The van der Waals surface area contributed by atoms with Crippen molar-refractivity contribution < 1.29 is 4.79 Å². The lowest BCUT2D eigenvalue weighted by molar-refractivity contribution is -0.125. The summed E-state index contributed by atoms with van der Waals surface area (Å²) < 4.78 is 0. The fourth-order valence-corrected chi connectivity index (χ4v) is 1.79. The van der Waals surface area contributed by atoms with Crippen LogP contribution in [0.3, 0.4) is 0 Å². The van der Waals surface area contributed by atoms with E-state index in [4.69, 9.17) is 28.9 Å². The van der Waals surface area contributed by atoms with Gasteiger partial charge in [-0.05, 0) is 32.4 Å². The van der Waals surface area contributed by atoms with Gasteiger partial charge in [0.15, 0.2) is 0 Å². The average molecular weight is 275 g/mol. The van der Waals surface area contributed by atoms with Crippen molar-refractivity contribution >= 4 is 29.1 Å². The number of nitrogens with one attached hydrogen (secondary N) is 1. The van der Waals surface area contributed by atoms with Crippen LogP contribution in [0, 0.1) is 0 Å². The van der Waals surface area contributed by atoms with Crippen molar-refractivity contribution in [1.82, 2.24) is 5.32 Å². The van der Waals surface area contributed by atoms with E-state index in [0.29, 0.717) is 10.0 Å². The maximum absolute atomic E-state index is 11.7. The summed E-state index contributed by atoms with van der Waals surface area (Å²) in [5.74, 6) is -0.235. The highest BCUT2D eigenvalue weighted by molar-refractivity contribution is 6.42. The van der Waals surface area contributed by atoms with Crippen LogP contribution >= 0.6 is 23.2 Å². The van der Waals surface area contributed by atoms with Gasteiger partial charge in [-0.2, -0.15) is 0 Å². The zero-order valence-electron chi connectivity index (χ0n) is 10.1. The second kappa shape index (κ2) is 5.25. The molecule has 1 aromatic rings. The number of halogens is 2. The SMILES string of the molecule is CC(NC(=O)C(C)(C)N)c1cccc(Cl)c1Cl. The zero-order chi connectivity index (χ0) is 13.2. The fraction of sp³-hybridized carbons (Fsp3) is 0.417. The largest absolute Gasteiger partial charge is 0.348 e. The van der Waals surface area contributed by atoms with Crippen molar-refractivity contribution in [3.05, 3.63) is 33.8 Å². The molecule has 1 amide bonds. The van der Waals surface area contributed by atoms with Gasteiger partial charge in [-0.15, -0.1) is 0 Å². The van der Waals surface area contributed by atoms with E-state index >= 15 is 0 Å². The van der Waals surface area contributed by atoms with Crippen molar-refractivity contribution in [1.29, 1.82) is 0 Å². The van der Waals surface area contributed by atoms with E-state index in [-0.39, 0.29) is 11.9 Å². The Hall–Kier alpha value is -0.770. The van der Waals surface area contributed by atoms with Crippen LogP contribution in [0.4, 0.5) is 0 Å². The molecule has 94 valence electrons. The van der Waals surface area contributed by atoms with Gasteiger partial charge >= 0.3 is 0 Å². The van der Waals surface area contributed by atoms with Crippen molar-refractivity contribution in [2.75, 3.05) is 0 Å². The number of nitrogens with two attached hydrogens (primary N) is 1. The Bertz CT molecular complexity index is 427. The van der Waals surface area contributed by atoms with Crippen molar-refractivity contribution in [3.8, 4) is 0 Å². The van der Waals surface area contributed by atoms with E-state index in [1.54, 1.807) is 26.0 Å². The molecule has 0 fully saturated rings. The van der Waals surface area contributed by atoms with Crippen molar-refractivity contribution in [2.24, 2.45) is 5.73 Å². The van der Waals surface area contributed by atoms with Crippen LogP contribution in [0.1, 0.15) is 32.4 Å². The molecule has 0 radical (unpaired) electrons. The third kappa shape index (κ3) is 3.60. The molecular weight excluding hydrogens is 259 g/mol. The Kier molecular flexibility index (Phi) is 4.42. The normalized spacial score (nSPS) is 13.3. The molecule has 17 heavy (non-hydrogen) atoms. The highest BCUT2D eigenvalue weighted by Gasteiger charge is 2.24. The fourth-order valence-electron chi connectivity index (χ4n) is 1.32. The van der Waals surface area contributed by atoms with E-state index in [2.05, 4.69) is 5.32 Å². The number of rotatable bonds is 3. The summed E-state index contributed by atoms with van der Waals surface area (Å²) >= 11 is 12.0. The van der Waals surface area contributed by atoms with Gasteiger partial charge in [0.2, 0.25) is 5.91 Å². The number of hydrogen-bond acceptors (Lipinski definition) is 2. The molecule has 0 aliphatic rings. The lowest BCUT2D eigenvalue weighted by atomic mass is 10.0. The minimum absolute atomic E-state index is 0.235. The van der Waals surface area contributed by atoms with E-state index in [1.807, 2.05) is 13.0 Å². The lowest BCUT2D eigenvalue weighted by Crippen LogP contribution is -2.49. The number of carbonyl (C=O) groups is 1. The van der Waals surface area contributed by atoms with Gasteiger partial charge < -0.3 is 11.1 Å². The van der Waals surface area contributed by atoms with Crippen LogP contribution in [-0.2, 0) is 4.79 Å². The van der Waals surface area contributed by atoms with Crippen LogP contribution in [0.15, 0.2) is 18.2 Å². The van der Waals surface area contributed by atoms with E-state index < -0.39 is 5.54 Å². The third-order valence-electron chi connectivity index (χ3n) is 2.38. The number of hydrogen-bond donors (Lipinski definition) is 2. The first kappa shape index (κ1) is 14.3. The second-order valence-electron chi connectivity index (χ2n) is 4.56. The molecule has 5 heteroatoms. The predicted octanol–water partition coefficient (Wildman–Crippen LogP) is 2.91. The monoisotopic (exact) mass is 274 g/mol. The summed E-state index contributed by atoms with van der Waals surface area (Å²) in [4.78, 5) is 11.7. The smallest absolute Gasteiger partial charge is 0.239 e. The van der Waals surface area contributed by atoms with Gasteiger partial charge in [-0.3, -0.25) is 4.79 Å². The molecule has 1 rings (SSSR count). The maximum Gasteiger partial charge on any atom is 0.239 e. The molecule has 3 N–H and O–H groups in total. The zero-order valence-corrected chi connectivity index (χ0v) is 11.6. The number of carbonyl (C=O) groups excluding carboxylic acids is 1. The Labute approximate surface area is 111 Å².